The highest BCUT2D eigenvalue weighted by Gasteiger charge is 2.74. The van der Waals surface area contributed by atoms with Gasteiger partial charge in [0, 0.05) is 6.07 Å². The second-order valence-electron chi connectivity index (χ2n) is 4.05. The van der Waals surface area contributed by atoms with E-state index in [4.69, 9.17) is 4.74 Å². The van der Waals surface area contributed by atoms with Gasteiger partial charge in [-0.2, -0.15) is 30.7 Å². The summed E-state index contributed by atoms with van der Waals surface area (Å²) < 4.78 is 104. The van der Waals surface area contributed by atoms with Crippen molar-refractivity contribution in [1.82, 2.24) is 0 Å². The first kappa shape index (κ1) is 18.2. The highest BCUT2D eigenvalue weighted by atomic mass is 19.4. The van der Waals surface area contributed by atoms with Crippen molar-refractivity contribution in [2.45, 2.75) is 18.0 Å². The summed E-state index contributed by atoms with van der Waals surface area (Å²) in [5.74, 6) is -13.4. The Morgan fingerprint density at radius 3 is 1.45 bits per heavy atom. The van der Waals surface area contributed by atoms with E-state index in [1.807, 2.05) is 0 Å². The molecule has 3 nitrogen and oxygen atoms in total. The van der Waals surface area contributed by atoms with Crippen molar-refractivity contribution in [3.8, 4) is 17.2 Å². The van der Waals surface area contributed by atoms with Gasteiger partial charge < -0.3 is 14.2 Å². The maximum Gasteiger partial charge on any atom is 0.460 e. The molecule has 0 aliphatic rings. The molecule has 0 saturated heterocycles. The maximum atomic E-state index is 13.8. The number of halogens is 7. The van der Waals surface area contributed by atoms with Crippen LogP contribution in [-0.4, -0.2) is 33.4 Å². The third kappa shape index (κ3) is 2.73. The molecule has 0 aliphatic heterocycles. The van der Waals surface area contributed by atoms with Crippen LogP contribution in [-0.2, 0) is 5.92 Å². The fourth-order valence-electron chi connectivity index (χ4n) is 1.62. The van der Waals surface area contributed by atoms with E-state index >= 15 is 0 Å². The Balaban J connectivity index is 3.60. The van der Waals surface area contributed by atoms with Gasteiger partial charge in [-0.05, 0) is 6.07 Å². The van der Waals surface area contributed by atoms with E-state index in [0.717, 1.165) is 27.4 Å². The van der Waals surface area contributed by atoms with Gasteiger partial charge in [0.2, 0.25) is 0 Å². The Bertz CT molecular complexity index is 540. The maximum absolute atomic E-state index is 13.8. The number of methoxy groups -OCH3 is 3. The van der Waals surface area contributed by atoms with Crippen molar-refractivity contribution < 1.29 is 44.9 Å². The van der Waals surface area contributed by atoms with E-state index in [1.54, 1.807) is 0 Å². The molecule has 126 valence electrons. The molecule has 1 aromatic rings. The number of hydrogen-bond acceptors (Lipinski definition) is 3. The van der Waals surface area contributed by atoms with Gasteiger partial charge in [0.05, 0.1) is 26.9 Å². The Labute approximate surface area is 120 Å². The highest BCUT2D eigenvalue weighted by Crippen LogP contribution is 2.55. The lowest BCUT2D eigenvalue weighted by atomic mass is 10.00. The standard InChI is InChI=1S/C12H11F7O3/c1-20-7-5-9(22-3)8(21-2)4-6(7)10(13,14)11(15,16)12(17,18)19/h4-5H,1-3H3. The lowest BCUT2D eigenvalue weighted by molar-refractivity contribution is -0.359. The smallest absolute Gasteiger partial charge is 0.460 e. The van der Waals surface area contributed by atoms with Crippen molar-refractivity contribution >= 4 is 0 Å². The van der Waals surface area contributed by atoms with Gasteiger partial charge in [-0.15, -0.1) is 0 Å². The average molecular weight is 336 g/mol. The van der Waals surface area contributed by atoms with Crippen molar-refractivity contribution in [1.29, 1.82) is 0 Å². The van der Waals surface area contributed by atoms with Gasteiger partial charge in [-0.1, -0.05) is 0 Å². The summed E-state index contributed by atoms with van der Waals surface area (Å²) in [6.45, 7) is 0. The van der Waals surface area contributed by atoms with E-state index in [2.05, 4.69) is 9.47 Å². The fourth-order valence-corrected chi connectivity index (χ4v) is 1.62. The van der Waals surface area contributed by atoms with Gasteiger partial charge in [-0.25, -0.2) is 0 Å². The van der Waals surface area contributed by atoms with Gasteiger partial charge in [-0.3, -0.25) is 0 Å². The zero-order valence-corrected chi connectivity index (χ0v) is 11.5. The summed E-state index contributed by atoms with van der Waals surface area (Å²) in [7, 11) is 2.97. The molecule has 0 atom stereocenters. The minimum atomic E-state index is -6.45. The molecule has 0 amide bonds. The Hall–Kier alpha value is -1.87. The minimum absolute atomic E-state index is 0.172. The van der Waals surface area contributed by atoms with Crippen molar-refractivity contribution in [3.05, 3.63) is 17.7 Å². The van der Waals surface area contributed by atoms with Crippen LogP contribution in [0, 0.1) is 0 Å². The van der Waals surface area contributed by atoms with Gasteiger partial charge in [0.1, 0.15) is 5.75 Å². The third-order valence-corrected chi connectivity index (χ3v) is 2.79. The van der Waals surface area contributed by atoms with Crippen molar-refractivity contribution in [2.75, 3.05) is 21.3 Å². The molecular weight excluding hydrogens is 325 g/mol. The zero-order valence-electron chi connectivity index (χ0n) is 11.5. The topological polar surface area (TPSA) is 27.7 Å². The summed E-state index contributed by atoms with van der Waals surface area (Å²) in [5.41, 5.74) is -1.67. The Morgan fingerprint density at radius 2 is 1.09 bits per heavy atom. The molecule has 1 rings (SSSR count). The van der Waals surface area contributed by atoms with Crippen LogP contribution in [0.15, 0.2) is 12.1 Å². The van der Waals surface area contributed by atoms with Crippen LogP contribution in [0.2, 0.25) is 0 Å². The van der Waals surface area contributed by atoms with E-state index in [0.29, 0.717) is 6.07 Å². The molecule has 0 N–H and O–H groups in total. The molecule has 0 aliphatic carbocycles. The van der Waals surface area contributed by atoms with Crippen LogP contribution < -0.4 is 14.2 Å². The summed E-state index contributed by atoms with van der Waals surface area (Å²) in [6.07, 6.45) is -6.45. The van der Waals surface area contributed by atoms with Crippen LogP contribution in [0.1, 0.15) is 5.56 Å². The van der Waals surface area contributed by atoms with Crippen LogP contribution in [0.5, 0.6) is 17.2 Å². The van der Waals surface area contributed by atoms with Crippen LogP contribution in [0.4, 0.5) is 30.7 Å². The lowest BCUT2D eigenvalue weighted by Gasteiger charge is -2.29. The monoisotopic (exact) mass is 336 g/mol. The summed E-state index contributed by atoms with van der Waals surface area (Å²) >= 11 is 0. The van der Waals surface area contributed by atoms with Gasteiger partial charge in [0.15, 0.2) is 11.5 Å². The predicted octanol–water partition coefficient (Wildman–Crippen LogP) is 4.00. The van der Waals surface area contributed by atoms with Crippen molar-refractivity contribution in [2.24, 2.45) is 0 Å². The summed E-state index contributed by atoms with van der Waals surface area (Å²) in [5, 5.41) is 0. The minimum Gasteiger partial charge on any atom is -0.496 e. The molecule has 0 spiro atoms. The highest BCUT2D eigenvalue weighted by molar-refractivity contribution is 5.52. The lowest BCUT2D eigenvalue weighted by Crippen LogP contribution is -2.50. The predicted molar refractivity (Wildman–Crippen MR) is 61.0 cm³/mol. The molecule has 0 aromatic heterocycles. The second-order valence-corrected chi connectivity index (χ2v) is 4.05. The van der Waals surface area contributed by atoms with Crippen molar-refractivity contribution in [3.63, 3.8) is 0 Å². The third-order valence-electron chi connectivity index (χ3n) is 2.79. The van der Waals surface area contributed by atoms with Crippen LogP contribution in [0.25, 0.3) is 0 Å². The molecule has 0 bridgehead atoms. The molecule has 22 heavy (non-hydrogen) atoms. The number of rotatable bonds is 5. The molecule has 0 saturated carbocycles. The normalized spacial score (nSPS) is 13.0. The average Bonchev–Trinajstić information content (AvgIpc) is 2.44. The SMILES string of the molecule is COc1cc(OC)c(C(F)(F)C(F)(F)C(F)(F)F)cc1OC. The quantitative estimate of drug-likeness (QED) is 0.761. The molecule has 0 fully saturated rings. The van der Waals surface area contributed by atoms with Gasteiger partial charge in [0.25, 0.3) is 0 Å². The molecule has 0 heterocycles. The summed E-state index contributed by atoms with van der Waals surface area (Å²) in [4.78, 5) is 0. The number of alkyl halides is 7. The Kier molecular flexibility index (Phi) is 4.73. The molecule has 0 radical (unpaired) electrons. The van der Waals surface area contributed by atoms with E-state index < -0.39 is 35.1 Å². The first-order valence-corrected chi connectivity index (χ1v) is 5.56. The van der Waals surface area contributed by atoms with Gasteiger partial charge >= 0.3 is 18.0 Å². The number of benzene rings is 1. The first-order chi connectivity index (χ1) is 9.93. The second kappa shape index (κ2) is 5.73. The van der Waals surface area contributed by atoms with E-state index in [1.165, 1.54) is 0 Å². The van der Waals surface area contributed by atoms with E-state index in [9.17, 15) is 30.7 Å². The Morgan fingerprint density at radius 1 is 0.682 bits per heavy atom. The first-order valence-electron chi connectivity index (χ1n) is 5.56. The molecule has 0 unspecified atom stereocenters. The zero-order chi connectivity index (χ0) is 17.3. The van der Waals surface area contributed by atoms with E-state index in [-0.39, 0.29) is 5.75 Å². The number of ether oxygens (including phenoxy) is 3. The molecule has 1 aromatic carbocycles. The largest absolute Gasteiger partial charge is 0.496 e. The fraction of sp³-hybridized carbons (Fsp3) is 0.500. The number of hydrogen-bond donors (Lipinski definition) is 0. The molecular formula is C12H11F7O3. The molecule has 10 heteroatoms. The van der Waals surface area contributed by atoms with Crippen LogP contribution >= 0.6 is 0 Å². The summed E-state index contributed by atoms with van der Waals surface area (Å²) in [6, 6.07) is 1.05. The van der Waals surface area contributed by atoms with Crippen LogP contribution in [0.3, 0.4) is 0 Å².